The van der Waals surface area contributed by atoms with Crippen LogP contribution in [0, 0.1) is 10.1 Å². The van der Waals surface area contributed by atoms with E-state index < -0.39 is 14.8 Å². The molecule has 26 heavy (non-hydrogen) atoms. The lowest BCUT2D eigenvalue weighted by Crippen LogP contribution is -2.44. The number of hydrogen-bond donors (Lipinski definition) is 0. The summed E-state index contributed by atoms with van der Waals surface area (Å²) in [6.07, 6.45) is 0. The molecule has 0 saturated carbocycles. The smallest absolute Gasteiger partial charge is 0.293 e. The second kappa shape index (κ2) is 7.43. The number of hydrogen-bond acceptors (Lipinski definition) is 6. The van der Waals surface area contributed by atoms with Crippen LogP contribution in [0.25, 0.3) is 0 Å². The Morgan fingerprint density at radius 2 is 1.69 bits per heavy atom. The van der Waals surface area contributed by atoms with Crippen LogP contribution >= 0.6 is 0 Å². The summed E-state index contributed by atoms with van der Waals surface area (Å²) >= 11 is 0. The second-order valence-corrected chi connectivity index (χ2v) is 8.43. The number of nitro benzene ring substituents is 1. The second-order valence-electron chi connectivity index (χ2n) is 6.44. The largest absolute Gasteiger partial charge is 0.363 e. The highest BCUT2D eigenvalue weighted by molar-refractivity contribution is 7.90. The van der Waals surface area contributed by atoms with Gasteiger partial charge in [-0.05, 0) is 24.7 Å². The summed E-state index contributed by atoms with van der Waals surface area (Å²) in [6.45, 7) is 2.97. The summed E-state index contributed by atoms with van der Waals surface area (Å²) in [5.41, 5.74) is 0.962. The van der Waals surface area contributed by atoms with E-state index in [0.29, 0.717) is 24.3 Å². The summed E-state index contributed by atoms with van der Waals surface area (Å²) < 4.78 is 25.3. The Labute approximate surface area is 152 Å². The summed E-state index contributed by atoms with van der Waals surface area (Å²) in [5, 5.41) is 11.5. The Bertz CT molecular complexity index is 892. The Morgan fingerprint density at radius 3 is 2.31 bits per heavy atom. The van der Waals surface area contributed by atoms with Crippen LogP contribution in [0.3, 0.4) is 0 Å². The topological polar surface area (TPSA) is 83.8 Å². The minimum Gasteiger partial charge on any atom is -0.363 e. The van der Waals surface area contributed by atoms with Crippen molar-refractivity contribution in [3.63, 3.8) is 0 Å². The average Bonchev–Trinajstić information content (AvgIpc) is 2.62. The van der Waals surface area contributed by atoms with E-state index >= 15 is 0 Å². The number of anilines is 1. The molecule has 0 unspecified atom stereocenters. The fourth-order valence-corrected chi connectivity index (χ4v) is 4.40. The van der Waals surface area contributed by atoms with E-state index in [0.717, 1.165) is 13.1 Å². The third-order valence-corrected chi connectivity index (χ3v) is 6.23. The van der Waals surface area contributed by atoms with Gasteiger partial charge in [-0.2, -0.15) is 0 Å². The molecule has 0 radical (unpaired) electrons. The van der Waals surface area contributed by atoms with E-state index in [-0.39, 0.29) is 16.3 Å². The summed E-state index contributed by atoms with van der Waals surface area (Å²) in [5.74, 6) is -0.182. The van der Waals surface area contributed by atoms with Gasteiger partial charge in [0.05, 0.1) is 15.6 Å². The van der Waals surface area contributed by atoms with E-state index in [9.17, 15) is 18.5 Å². The molecule has 0 atom stereocenters. The van der Waals surface area contributed by atoms with Crippen molar-refractivity contribution in [2.75, 3.05) is 38.1 Å². The molecule has 0 aliphatic carbocycles. The van der Waals surface area contributed by atoms with Crippen molar-refractivity contribution < 1.29 is 13.3 Å². The Balaban J connectivity index is 1.92. The predicted octanol–water partition coefficient (Wildman–Crippen LogP) is 2.32. The molecule has 0 aromatic heterocycles. The summed E-state index contributed by atoms with van der Waals surface area (Å²) in [7, 11) is -1.65. The lowest BCUT2D eigenvalue weighted by molar-refractivity contribution is -0.384. The minimum atomic E-state index is -3.66. The molecule has 2 aromatic carbocycles. The summed E-state index contributed by atoms with van der Waals surface area (Å²) in [6, 6.07) is 13.0. The van der Waals surface area contributed by atoms with Gasteiger partial charge in [0.15, 0.2) is 9.84 Å². The lowest BCUT2D eigenvalue weighted by Gasteiger charge is -2.33. The molecule has 1 saturated heterocycles. The van der Waals surface area contributed by atoms with Gasteiger partial charge in [-0.25, -0.2) is 8.42 Å². The number of nitrogens with zero attached hydrogens (tertiary/aromatic N) is 3. The van der Waals surface area contributed by atoms with Crippen LogP contribution in [0.5, 0.6) is 0 Å². The van der Waals surface area contributed by atoms with Gasteiger partial charge in [-0.1, -0.05) is 30.3 Å². The SMILES string of the molecule is CN1CCN(c2ccc(S(=O)(=O)Cc3ccccc3)cc2[N+](=O)[O-])CC1. The van der Waals surface area contributed by atoms with Crippen molar-refractivity contribution in [1.29, 1.82) is 0 Å². The van der Waals surface area contributed by atoms with Crippen molar-refractivity contribution in [3.05, 3.63) is 64.2 Å². The van der Waals surface area contributed by atoms with Gasteiger partial charge in [0.25, 0.3) is 5.69 Å². The molecule has 7 nitrogen and oxygen atoms in total. The first-order chi connectivity index (χ1) is 12.4. The molecule has 1 aliphatic heterocycles. The molecule has 0 spiro atoms. The first-order valence-electron chi connectivity index (χ1n) is 8.35. The maximum absolute atomic E-state index is 12.7. The fourth-order valence-electron chi connectivity index (χ4n) is 3.03. The molecule has 0 bridgehead atoms. The Hall–Kier alpha value is -2.45. The fraction of sp³-hybridized carbons (Fsp3) is 0.333. The number of likely N-dealkylation sites (N-methyl/N-ethyl adjacent to an activating group) is 1. The van der Waals surface area contributed by atoms with Gasteiger partial charge >= 0.3 is 0 Å². The number of benzene rings is 2. The van der Waals surface area contributed by atoms with Crippen molar-refractivity contribution in [2.24, 2.45) is 0 Å². The molecule has 138 valence electrons. The lowest BCUT2D eigenvalue weighted by atomic mass is 10.2. The maximum Gasteiger partial charge on any atom is 0.293 e. The van der Waals surface area contributed by atoms with Gasteiger partial charge in [0, 0.05) is 32.2 Å². The number of piperazine rings is 1. The summed E-state index contributed by atoms with van der Waals surface area (Å²) in [4.78, 5) is 15.1. The number of sulfone groups is 1. The predicted molar refractivity (Wildman–Crippen MR) is 100 cm³/mol. The standard InChI is InChI=1S/C18H21N3O4S/c1-19-9-11-20(12-10-19)17-8-7-16(13-18(17)21(22)23)26(24,25)14-15-5-3-2-4-6-15/h2-8,13H,9-12,14H2,1H3. The zero-order chi connectivity index (χ0) is 18.7. The molecule has 8 heteroatoms. The van der Waals surface area contributed by atoms with E-state index in [4.69, 9.17) is 0 Å². The Morgan fingerprint density at radius 1 is 1.04 bits per heavy atom. The van der Waals surface area contributed by atoms with Crippen LogP contribution in [0.2, 0.25) is 0 Å². The molecule has 1 heterocycles. The third kappa shape index (κ3) is 4.03. The zero-order valence-electron chi connectivity index (χ0n) is 14.5. The third-order valence-electron chi connectivity index (χ3n) is 4.55. The number of nitro groups is 1. The van der Waals surface area contributed by atoms with Crippen LogP contribution in [0.1, 0.15) is 5.56 Å². The Kier molecular flexibility index (Phi) is 5.24. The van der Waals surface area contributed by atoms with Gasteiger partial charge in [0.2, 0.25) is 0 Å². The van der Waals surface area contributed by atoms with Gasteiger partial charge in [-0.15, -0.1) is 0 Å². The highest BCUT2D eigenvalue weighted by Gasteiger charge is 2.26. The van der Waals surface area contributed by atoms with Crippen molar-refractivity contribution >= 4 is 21.2 Å². The first-order valence-corrected chi connectivity index (χ1v) is 10.0. The van der Waals surface area contributed by atoms with E-state index in [1.807, 2.05) is 18.0 Å². The van der Waals surface area contributed by atoms with Crippen LogP contribution in [0.4, 0.5) is 11.4 Å². The molecular weight excluding hydrogens is 354 g/mol. The molecule has 1 fully saturated rings. The van der Waals surface area contributed by atoms with Crippen LogP contribution < -0.4 is 4.90 Å². The van der Waals surface area contributed by atoms with Crippen LogP contribution in [-0.4, -0.2) is 51.5 Å². The molecule has 3 rings (SSSR count). The minimum absolute atomic E-state index is 0.0223. The first kappa shape index (κ1) is 18.3. The van der Waals surface area contributed by atoms with Crippen molar-refractivity contribution in [3.8, 4) is 0 Å². The van der Waals surface area contributed by atoms with E-state index in [1.165, 1.54) is 12.1 Å². The number of rotatable bonds is 5. The average molecular weight is 375 g/mol. The molecule has 0 N–H and O–H groups in total. The zero-order valence-corrected chi connectivity index (χ0v) is 15.4. The normalized spacial score (nSPS) is 15.8. The van der Waals surface area contributed by atoms with Crippen LogP contribution in [0.15, 0.2) is 53.4 Å². The van der Waals surface area contributed by atoms with Gasteiger partial charge < -0.3 is 9.80 Å². The molecule has 1 aliphatic rings. The van der Waals surface area contributed by atoms with Gasteiger partial charge in [-0.3, -0.25) is 10.1 Å². The van der Waals surface area contributed by atoms with Crippen LogP contribution in [-0.2, 0) is 15.6 Å². The molecular formula is C18H21N3O4S. The molecule has 0 amide bonds. The van der Waals surface area contributed by atoms with Crippen molar-refractivity contribution in [2.45, 2.75) is 10.6 Å². The van der Waals surface area contributed by atoms with Gasteiger partial charge in [0.1, 0.15) is 5.69 Å². The van der Waals surface area contributed by atoms with E-state index in [1.54, 1.807) is 30.3 Å². The highest BCUT2D eigenvalue weighted by atomic mass is 32.2. The van der Waals surface area contributed by atoms with E-state index in [2.05, 4.69) is 4.90 Å². The quantitative estimate of drug-likeness (QED) is 0.589. The highest BCUT2D eigenvalue weighted by Crippen LogP contribution is 2.32. The maximum atomic E-state index is 12.7. The van der Waals surface area contributed by atoms with Crippen molar-refractivity contribution in [1.82, 2.24) is 4.90 Å². The monoisotopic (exact) mass is 375 g/mol. The molecule has 2 aromatic rings.